The van der Waals surface area contributed by atoms with Crippen molar-refractivity contribution in [2.75, 3.05) is 25.6 Å². The zero-order chi connectivity index (χ0) is 16.5. The number of carbonyl (C=O) groups is 1. The molecule has 2 aromatic rings. The van der Waals surface area contributed by atoms with Gasteiger partial charge >= 0.3 is 6.03 Å². The summed E-state index contributed by atoms with van der Waals surface area (Å²) in [6.45, 7) is 4.01. The van der Waals surface area contributed by atoms with Gasteiger partial charge < -0.3 is 10.1 Å². The number of ether oxygens (including phenoxy) is 1. The van der Waals surface area contributed by atoms with Crippen molar-refractivity contribution < 1.29 is 9.53 Å². The van der Waals surface area contributed by atoms with Crippen LogP contribution in [-0.4, -0.2) is 41.1 Å². The highest BCUT2D eigenvalue weighted by Gasteiger charge is 2.07. The van der Waals surface area contributed by atoms with Gasteiger partial charge in [0, 0.05) is 44.9 Å². The second kappa shape index (κ2) is 8.89. The molecule has 0 aliphatic rings. The molecule has 124 valence electrons. The number of hydrogen-bond donors (Lipinski definition) is 2. The predicted octanol–water partition coefficient (Wildman–Crippen LogP) is 2.12. The van der Waals surface area contributed by atoms with E-state index in [1.165, 1.54) is 0 Å². The highest BCUT2D eigenvalue weighted by atomic mass is 16.5. The van der Waals surface area contributed by atoms with Crippen LogP contribution in [0.2, 0.25) is 0 Å². The lowest BCUT2D eigenvalue weighted by atomic mass is 10.1. The molecule has 0 aliphatic carbocycles. The second-order valence-electron chi connectivity index (χ2n) is 5.48. The first kappa shape index (κ1) is 17.0. The first-order valence-corrected chi connectivity index (χ1v) is 7.63. The molecule has 0 aromatic carbocycles. The average molecular weight is 317 g/mol. The molecule has 0 saturated carbocycles. The minimum absolute atomic E-state index is 0.247. The molecular formula is C16H23N5O2. The highest BCUT2D eigenvalue weighted by Crippen LogP contribution is 2.06. The van der Waals surface area contributed by atoms with Crippen LogP contribution in [0.3, 0.4) is 0 Å². The van der Waals surface area contributed by atoms with Gasteiger partial charge in [-0.15, -0.1) is 0 Å². The Morgan fingerprint density at radius 3 is 2.87 bits per heavy atom. The van der Waals surface area contributed by atoms with Crippen molar-refractivity contribution in [2.24, 2.45) is 5.92 Å². The molecule has 0 radical (unpaired) electrons. The Morgan fingerprint density at radius 1 is 1.35 bits per heavy atom. The van der Waals surface area contributed by atoms with E-state index < -0.39 is 0 Å². The molecule has 0 saturated heterocycles. The maximum Gasteiger partial charge on any atom is 0.320 e. The van der Waals surface area contributed by atoms with E-state index in [0.29, 0.717) is 31.4 Å². The fourth-order valence-electron chi connectivity index (χ4n) is 2.04. The number of pyridine rings is 1. The topological polar surface area (TPSA) is 81.1 Å². The zero-order valence-corrected chi connectivity index (χ0v) is 13.5. The molecule has 0 aliphatic heterocycles. The fourth-order valence-corrected chi connectivity index (χ4v) is 2.04. The second-order valence-corrected chi connectivity index (χ2v) is 5.48. The predicted molar refractivity (Wildman–Crippen MR) is 88.2 cm³/mol. The SMILES string of the molecule is COCCC(C)CNC(=O)Nc1ccn(Cc2ccncc2)n1. The molecule has 23 heavy (non-hydrogen) atoms. The molecular weight excluding hydrogens is 294 g/mol. The van der Waals surface area contributed by atoms with Crippen LogP contribution in [0.5, 0.6) is 0 Å². The van der Waals surface area contributed by atoms with E-state index in [9.17, 15) is 4.79 Å². The normalized spacial score (nSPS) is 11.9. The molecule has 0 spiro atoms. The molecule has 1 unspecified atom stereocenters. The van der Waals surface area contributed by atoms with Crippen molar-refractivity contribution in [3.05, 3.63) is 42.4 Å². The van der Waals surface area contributed by atoms with E-state index in [1.807, 2.05) is 18.3 Å². The van der Waals surface area contributed by atoms with Crippen molar-refractivity contribution in [3.63, 3.8) is 0 Å². The number of aromatic nitrogens is 3. The van der Waals surface area contributed by atoms with Gasteiger partial charge in [0.25, 0.3) is 0 Å². The Labute approximate surface area is 136 Å². The maximum atomic E-state index is 11.8. The van der Waals surface area contributed by atoms with Gasteiger partial charge in [-0.2, -0.15) is 5.10 Å². The van der Waals surface area contributed by atoms with Gasteiger partial charge in [-0.05, 0) is 30.0 Å². The van der Waals surface area contributed by atoms with Crippen LogP contribution in [0.15, 0.2) is 36.8 Å². The van der Waals surface area contributed by atoms with Crippen molar-refractivity contribution >= 4 is 11.8 Å². The summed E-state index contributed by atoms with van der Waals surface area (Å²) in [6, 6.07) is 5.39. The number of methoxy groups -OCH3 is 1. The van der Waals surface area contributed by atoms with Gasteiger partial charge in [0.1, 0.15) is 0 Å². The Balaban J connectivity index is 1.76. The number of nitrogens with zero attached hydrogens (tertiary/aromatic N) is 3. The number of hydrogen-bond acceptors (Lipinski definition) is 4. The largest absolute Gasteiger partial charge is 0.385 e. The van der Waals surface area contributed by atoms with Crippen molar-refractivity contribution in [1.82, 2.24) is 20.1 Å². The molecule has 2 aromatic heterocycles. The smallest absolute Gasteiger partial charge is 0.320 e. The van der Waals surface area contributed by atoms with E-state index in [-0.39, 0.29) is 6.03 Å². The molecule has 2 amide bonds. The van der Waals surface area contributed by atoms with Gasteiger partial charge in [-0.3, -0.25) is 15.0 Å². The third-order valence-electron chi connectivity index (χ3n) is 3.40. The quantitative estimate of drug-likeness (QED) is 0.781. The molecule has 0 fully saturated rings. The molecule has 1 atom stereocenters. The number of nitrogens with one attached hydrogen (secondary N) is 2. The monoisotopic (exact) mass is 317 g/mol. The number of urea groups is 1. The third kappa shape index (κ3) is 6.07. The van der Waals surface area contributed by atoms with Crippen LogP contribution < -0.4 is 10.6 Å². The average Bonchev–Trinajstić information content (AvgIpc) is 2.98. The van der Waals surface area contributed by atoms with Gasteiger partial charge in [0.15, 0.2) is 5.82 Å². The number of anilines is 1. The van der Waals surface area contributed by atoms with Crippen LogP contribution in [0.4, 0.5) is 10.6 Å². The molecule has 7 nitrogen and oxygen atoms in total. The lowest BCUT2D eigenvalue weighted by Crippen LogP contribution is -2.32. The van der Waals surface area contributed by atoms with Crippen LogP contribution in [0.25, 0.3) is 0 Å². The summed E-state index contributed by atoms with van der Waals surface area (Å²) in [4.78, 5) is 15.8. The Morgan fingerprint density at radius 2 is 2.13 bits per heavy atom. The summed E-state index contributed by atoms with van der Waals surface area (Å²) in [5, 5.41) is 9.90. The van der Waals surface area contributed by atoms with Gasteiger partial charge in [-0.1, -0.05) is 6.92 Å². The van der Waals surface area contributed by atoms with Gasteiger partial charge in [-0.25, -0.2) is 4.79 Å². The molecule has 2 rings (SSSR count). The summed E-state index contributed by atoms with van der Waals surface area (Å²) in [5.74, 6) is 0.894. The molecule has 2 N–H and O–H groups in total. The van der Waals surface area contributed by atoms with E-state index in [2.05, 4.69) is 27.6 Å². The number of carbonyl (C=O) groups excluding carboxylic acids is 1. The summed E-state index contributed by atoms with van der Waals surface area (Å²) in [7, 11) is 1.68. The fraction of sp³-hybridized carbons (Fsp3) is 0.438. The van der Waals surface area contributed by atoms with Crippen molar-refractivity contribution in [1.29, 1.82) is 0 Å². The summed E-state index contributed by atoms with van der Waals surface area (Å²) in [5.41, 5.74) is 1.10. The van der Waals surface area contributed by atoms with E-state index in [4.69, 9.17) is 4.74 Å². The number of amides is 2. The molecule has 2 heterocycles. The maximum absolute atomic E-state index is 11.8. The minimum atomic E-state index is -0.247. The Bertz CT molecular complexity index is 600. The standard InChI is InChI=1S/C16H23N5O2/c1-13(6-10-23-2)11-18-16(22)19-15-5-9-21(20-15)12-14-3-7-17-8-4-14/h3-5,7-9,13H,6,10-12H2,1-2H3,(H2,18,19,20,22). The lowest BCUT2D eigenvalue weighted by Gasteiger charge is -2.12. The van der Waals surface area contributed by atoms with E-state index in [1.54, 1.807) is 30.3 Å². The van der Waals surface area contributed by atoms with Crippen LogP contribution in [0, 0.1) is 5.92 Å². The Hall–Kier alpha value is -2.41. The first-order valence-electron chi connectivity index (χ1n) is 7.63. The van der Waals surface area contributed by atoms with Gasteiger partial charge in [0.2, 0.25) is 0 Å². The molecule has 0 bridgehead atoms. The van der Waals surface area contributed by atoms with Crippen LogP contribution >= 0.6 is 0 Å². The van der Waals surface area contributed by atoms with Gasteiger partial charge in [0.05, 0.1) is 6.54 Å². The van der Waals surface area contributed by atoms with Crippen LogP contribution in [-0.2, 0) is 11.3 Å². The zero-order valence-electron chi connectivity index (χ0n) is 13.5. The van der Waals surface area contributed by atoms with Crippen LogP contribution in [0.1, 0.15) is 18.9 Å². The highest BCUT2D eigenvalue weighted by molar-refractivity contribution is 5.88. The third-order valence-corrected chi connectivity index (χ3v) is 3.40. The Kier molecular flexibility index (Phi) is 6.56. The first-order chi connectivity index (χ1) is 11.2. The van der Waals surface area contributed by atoms with E-state index >= 15 is 0 Å². The summed E-state index contributed by atoms with van der Waals surface area (Å²) in [6.07, 6.45) is 6.24. The van der Waals surface area contributed by atoms with Crippen molar-refractivity contribution in [2.45, 2.75) is 19.9 Å². The molecule has 7 heteroatoms. The lowest BCUT2D eigenvalue weighted by molar-refractivity contribution is 0.179. The minimum Gasteiger partial charge on any atom is -0.385 e. The summed E-state index contributed by atoms with van der Waals surface area (Å²) < 4.78 is 6.79. The van der Waals surface area contributed by atoms with Crippen molar-refractivity contribution in [3.8, 4) is 0 Å². The number of rotatable bonds is 8. The summed E-state index contributed by atoms with van der Waals surface area (Å²) >= 11 is 0. The van der Waals surface area contributed by atoms with E-state index in [0.717, 1.165) is 12.0 Å².